The van der Waals surface area contributed by atoms with Crippen molar-refractivity contribution in [1.82, 2.24) is 0 Å². The number of amidine groups is 1. The van der Waals surface area contributed by atoms with Gasteiger partial charge in [0.1, 0.15) is 0 Å². The Morgan fingerprint density at radius 1 is 1.03 bits per heavy atom. The second-order valence-electron chi connectivity index (χ2n) is 7.13. The van der Waals surface area contributed by atoms with E-state index >= 15 is 0 Å². The molecular formula is C23H20FLiN4O3S2. The summed E-state index contributed by atoms with van der Waals surface area (Å²) in [6.07, 6.45) is 0. The average molecular weight is 491 g/mol. The first-order valence-electron chi connectivity index (χ1n) is 9.54. The molecule has 0 saturated carbocycles. The largest absolute Gasteiger partial charge is 1.00 e. The zero-order valence-electron chi connectivity index (χ0n) is 18.4. The van der Waals surface area contributed by atoms with Crippen LogP contribution in [0.25, 0.3) is 22.1 Å². The first kappa shape index (κ1) is 27.4. The Morgan fingerprint density at radius 2 is 1.68 bits per heavy atom. The van der Waals surface area contributed by atoms with Gasteiger partial charge in [0.05, 0.1) is 10.6 Å². The summed E-state index contributed by atoms with van der Waals surface area (Å²) in [5.74, 6) is -2.44. The summed E-state index contributed by atoms with van der Waals surface area (Å²) in [6, 6.07) is 17.0. The molecule has 0 radical (unpaired) electrons. The van der Waals surface area contributed by atoms with Crippen molar-refractivity contribution >= 4 is 45.7 Å². The number of rotatable bonds is 6. The Kier molecular flexibility index (Phi) is 8.88. The maximum Gasteiger partial charge on any atom is 1.00 e. The molecule has 0 spiro atoms. The molecule has 7 nitrogen and oxygen atoms in total. The minimum Gasteiger partial charge on any atom is -0.494 e. The SMILES string of the molecule is C/C(=C(\F)C(=O)Nc1ccc(-c2ccccc2S(N)(=O)=O)cc1S)c1cccc(C(=[N-])N)c1.[Li+]. The number of hydrogen-bond acceptors (Lipinski definition) is 4. The molecule has 0 aliphatic heterocycles. The van der Waals surface area contributed by atoms with Gasteiger partial charge in [-0.1, -0.05) is 48.3 Å². The molecule has 0 bridgehead atoms. The van der Waals surface area contributed by atoms with Gasteiger partial charge in [-0.05, 0) is 53.5 Å². The number of anilines is 1. The summed E-state index contributed by atoms with van der Waals surface area (Å²) in [4.78, 5) is 12.7. The standard InChI is InChI=1S/C23H20FN4O3S2.Li/c1-13(14-5-4-6-16(11-14)22(25)26)21(24)23(29)28-18-10-9-15(12-19(18)32)17-7-2-3-8-20(17)33(27,30)31;/h2-12H,1H3,(H6-,25,26,27,28,29,30,31,32);/q-1;+1/b21-13+;. The Labute approximate surface area is 214 Å². The number of nitrogens with zero attached hydrogens (tertiary/aromatic N) is 1. The number of nitrogens with two attached hydrogens (primary N) is 2. The van der Waals surface area contributed by atoms with E-state index in [9.17, 15) is 23.0 Å². The van der Waals surface area contributed by atoms with Gasteiger partial charge in [0.25, 0.3) is 5.91 Å². The number of hydrogen-bond donors (Lipinski definition) is 4. The van der Waals surface area contributed by atoms with E-state index in [2.05, 4.69) is 17.9 Å². The van der Waals surface area contributed by atoms with E-state index in [1.54, 1.807) is 48.5 Å². The first-order chi connectivity index (χ1) is 15.5. The number of primary sulfonamides is 1. The van der Waals surface area contributed by atoms with E-state index in [1.807, 2.05) is 0 Å². The van der Waals surface area contributed by atoms with Crippen molar-refractivity contribution < 1.29 is 36.5 Å². The Bertz CT molecular complexity index is 1410. The first-order valence-corrected chi connectivity index (χ1v) is 11.5. The van der Waals surface area contributed by atoms with Crippen molar-refractivity contribution in [2.24, 2.45) is 10.9 Å². The predicted octanol–water partition coefficient (Wildman–Crippen LogP) is 0.908. The molecule has 0 saturated heterocycles. The molecule has 0 aromatic heterocycles. The second kappa shape index (κ2) is 11.0. The maximum absolute atomic E-state index is 14.8. The van der Waals surface area contributed by atoms with Gasteiger partial charge in [0.15, 0.2) is 5.83 Å². The predicted molar refractivity (Wildman–Crippen MR) is 131 cm³/mol. The summed E-state index contributed by atoms with van der Waals surface area (Å²) in [5.41, 5.74) is 7.18. The van der Waals surface area contributed by atoms with Gasteiger partial charge < -0.3 is 16.5 Å². The quantitative estimate of drug-likeness (QED) is 0.134. The number of carbonyl (C=O) groups excluding carboxylic acids is 1. The van der Waals surface area contributed by atoms with Crippen LogP contribution in [-0.2, 0) is 14.8 Å². The van der Waals surface area contributed by atoms with Gasteiger partial charge in [0, 0.05) is 10.5 Å². The number of halogens is 1. The smallest absolute Gasteiger partial charge is 0.494 e. The van der Waals surface area contributed by atoms with Crippen LogP contribution < -0.4 is 35.1 Å². The number of nitrogens with one attached hydrogen (secondary N) is 1. The van der Waals surface area contributed by atoms with Crippen LogP contribution >= 0.6 is 12.6 Å². The Morgan fingerprint density at radius 3 is 2.29 bits per heavy atom. The van der Waals surface area contributed by atoms with Crippen LogP contribution in [-0.4, -0.2) is 20.2 Å². The van der Waals surface area contributed by atoms with E-state index < -0.39 is 27.6 Å². The molecule has 1 amide bonds. The van der Waals surface area contributed by atoms with Gasteiger partial charge in [-0.25, -0.2) is 17.9 Å². The van der Waals surface area contributed by atoms with Crippen LogP contribution in [0, 0.1) is 0 Å². The van der Waals surface area contributed by atoms with E-state index in [0.29, 0.717) is 27.1 Å². The summed E-state index contributed by atoms with van der Waals surface area (Å²) >= 11 is 4.35. The van der Waals surface area contributed by atoms with Crippen LogP contribution in [0.1, 0.15) is 18.1 Å². The fourth-order valence-corrected chi connectivity index (χ4v) is 4.17. The summed E-state index contributed by atoms with van der Waals surface area (Å²) in [7, 11) is -3.95. The zero-order chi connectivity index (χ0) is 24.3. The van der Waals surface area contributed by atoms with E-state index in [0.717, 1.165) is 0 Å². The summed E-state index contributed by atoms with van der Waals surface area (Å²) in [5, 5.41) is 17.2. The summed E-state index contributed by atoms with van der Waals surface area (Å²) < 4.78 is 38.6. The van der Waals surface area contributed by atoms with Gasteiger partial charge in [-0.15, -0.1) is 12.6 Å². The molecule has 5 N–H and O–H groups in total. The number of sulfonamides is 1. The molecule has 170 valence electrons. The molecule has 0 fully saturated rings. The number of amides is 1. The number of allylic oxidation sites excluding steroid dienone is 1. The normalized spacial score (nSPS) is 11.8. The minimum absolute atomic E-state index is 0. The van der Waals surface area contributed by atoms with Crippen LogP contribution in [0.4, 0.5) is 10.1 Å². The molecule has 0 heterocycles. The van der Waals surface area contributed by atoms with Crippen LogP contribution in [0.3, 0.4) is 0 Å². The van der Waals surface area contributed by atoms with Gasteiger partial charge in [-0.2, -0.15) is 0 Å². The third kappa shape index (κ3) is 6.17. The molecular weight excluding hydrogens is 470 g/mol. The molecule has 11 heteroatoms. The van der Waals surface area contributed by atoms with Gasteiger partial charge in [0.2, 0.25) is 10.0 Å². The average Bonchev–Trinajstić information content (AvgIpc) is 2.78. The number of carbonyl (C=O) groups is 1. The fourth-order valence-electron chi connectivity index (χ4n) is 3.14. The van der Waals surface area contributed by atoms with Crippen LogP contribution in [0.2, 0.25) is 0 Å². The second-order valence-corrected chi connectivity index (χ2v) is 9.14. The van der Waals surface area contributed by atoms with Crippen molar-refractivity contribution in [2.75, 3.05) is 5.32 Å². The molecule has 0 unspecified atom stereocenters. The Hall–Kier alpha value is -2.87. The van der Waals surface area contributed by atoms with Crippen LogP contribution in [0.5, 0.6) is 0 Å². The van der Waals surface area contributed by atoms with Crippen molar-refractivity contribution in [1.29, 1.82) is 0 Å². The minimum atomic E-state index is -3.95. The van der Waals surface area contributed by atoms with Gasteiger partial charge in [-0.3, -0.25) is 4.79 Å². The van der Waals surface area contributed by atoms with Crippen molar-refractivity contribution in [3.8, 4) is 11.1 Å². The summed E-state index contributed by atoms with van der Waals surface area (Å²) in [6.45, 7) is 1.43. The van der Waals surface area contributed by atoms with Crippen LogP contribution in [0.15, 0.2) is 82.3 Å². The van der Waals surface area contributed by atoms with E-state index in [1.165, 1.54) is 25.1 Å². The molecule has 0 aliphatic carbocycles. The van der Waals surface area contributed by atoms with E-state index in [4.69, 9.17) is 10.9 Å². The number of thiol groups is 1. The maximum atomic E-state index is 14.8. The third-order valence-electron chi connectivity index (χ3n) is 4.87. The topological polar surface area (TPSA) is 138 Å². The van der Waals surface area contributed by atoms with Crippen molar-refractivity contribution in [2.45, 2.75) is 16.7 Å². The van der Waals surface area contributed by atoms with E-state index in [-0.39, 0.29) is 35.0 Å². The molecule has 0 atom stereocenters. The fraction of sp³-hybridized carbons (Fsp3) is 0.0435. The molecule has 3 rings (SSSR count). The zero-order valence-corrected chi connectivity index (χ0v) is 20.1. The Balaban J connectivity index is 0.00000408. The molecule has 0 aliphatic rings. The third-order valence-corrected chi connectivity index (χ3v) is 6.21. The number of benzene rings is 3. The molecule has 34 heavy (non-hydrogen) atoms. The molecule has 3 aromatic rings. The van der Waals surface area contributed by atoms with Gasteiger partial charge >= 0.3 is 18.9 Å². The molecule has 3 aromatic carbocycles. The van der Waals surface area contributed by atoms with Crippen molar-refractivity contribution in [3.05, 3.63) is 89.1 Å². The van der Waals surface area contributed by atoms with Crippen molar-refractivity contribution in [3.63, 3.8) is 0 Å². The monoisotopic (exact) mass is 490 g/mol.